The fraction of sp³-hybridized carbons (Fsp3) is 0.0500. The topological polar surface area (TPSA) is 65.8 Å². The Morgan fingerprint density at radius 3 is 2.52 bits per heavy atom. The molecule has 1 aliphatic heterocycles. The SMILES string of the molecule is C/C(=C1/S/C(=N/c2nccs2)N(c2ccccc2)C1=O)c1ccc(O)cc1. The molecule has 4 rings (SSSR count). The number of amides is 1. The van der Waals surface area contributed by atoms with Crippen molar-refractivity contribution in [2.75, 3.05) is 4.90 Å². The molecule has 7 heteroatoms. The molecule has 0 aliphatic carbocycles. The minimum atomic E-state index is -0.118. The molecule has 0 atom stereocenters. The minimum absolute atomic E-state index is 0.118. The summed E-state index contributed by atoms with van der Waals surface area (Å²) in [4.78, 5) is 24.2. The van der Waals surface area contributed by atoms with Gasteiger partial charge in [0.2, 0.25) is 5.13 Å². The maximum absolute atomic E-state index is 13.2. The van der Waals surface area contributed by atoms with E-state index in [9.17, 15) is 9.90 Å². The highest BCUT2D eigenvalue weighted by molar-refractivity contribution is 8.19. The van der Waals surface area contributed by atoms with Gasteiger partial charge >= 0.3 is 0 Å². The summed E-state index contributed by atoms with van der Waals surface area (Å²) in [5.41, 5.74) is 2.49. The van der Waals surface area contributed by atoms with Gasteiger partial charge in [0.1, 0.15) is 5.75 Å². The fourth-order valence-electron chi connectivity index (χ4n) is 2.68. The van der Waals surface area contributed by atoms with E-state index in [0.29, 0.717) is 15.2 Å². The van der Waals surface area contributed by atoms with Gasteiger partial charge in [-0.1, -0.05) is 30.3 Å². The average molecular weight is 393 g/mol. The lowest BCUT2D eigenvalue weighted by Gasteiger charge is -2.15. The highest BCUT2D eigenvalue weighted by Crippen LogP contribution is 2.40. The number of aromatic nitrogens is 1. The van der Waals surface area contributed by atoms with Crippen LogP contribution in [0.25, 0.3) is 5.57 Å². The molecule has 1 saturated heterocycles. The second kappa shape index (κ2) is 7.38. The number of amidine groups is 1. The van der Waals surface area contributed by atoms with E-state index in [0.717, 1.165) is 16.8 Å². The second-order valence-corrected chi connectivity index (χ2v) is 7.64. The number of phenolic OH excluding ortho intramolecular Hbond substituents is 1. The Morgan fingerprint density at radius 1 is 1.11 bits per heavy atom. The zero-order valence-electron chi connectivity index (χ0n) is 14.4. The molecule has 0 bridgehead atoms. The molecule has 1 aromatic heterocycles. The molecule has 0 saturated carbocycles. The van der Waals surface area contributed by atoms with Crippen LogP contribution in [0.15, 0.2) is 76.1 Å². The van der Waals surface area contributed by atoms with Gasteiger partial charge in [-0.2, -0.15) is 4.99 Å². The number of carbonyl (C=O) groups is 1. The van der Waals surface area contributed by atoms with Crippen LogP contribution in [-0.2, 0) is 4.79 Å². The predicted octanol–water partition coefficient (Wildman–Crippen LogP) is 5.05. The van der Waals surface area contributed by atoms with Gasteiger partial charge in [-0.25, -0.2) is 4.98 Å². The third kappa shape index (κ3) is 3.51. The van der Waals surface area contributed by atoms with E-state index in [2.05, 4.69) is 9.98 Å². The van der Waals surface area contributed by atoms with Crippen LogP contribution in [0.4, 0.5) is 10.8 Å². The van der Waals surface area contributed by atoms with Crippen LogP contribution >= 0.6 is 23.1 Å². The van der Waals surface area contributed by atoms with Crippen LogP contribution in [0.5, 0.6) is 5.75 Å². The molecule has 1 N–H and O–H groups in total. The van der Waals surface area contributed by atoms with Crippen molar-refractivity contribution in [3.8, 4) is 5.75 Å². The number of hydrogen-bond donors (Lipinski definition) is 1. The average Bonchev–Trinajstić information content (AvgIpc) is 3.31. The minimum Gasteiger partial charge on any atom is -0.508 e. The number of anilines is 1. The summed E-state index contributed by atoms with van der Waals surface area (Å²) < 4.78 is 0. The Hall–Kier alpha value is -2.90. The second-order valence-electron chi connectivity index (χ2n) is 5.79. The van der Waals surface area contributed by atoms with Crippen molar-refractivity contribution in [3.63, 3.8) is 0 Å². The fourth-order valence-corrected chi connectivity index (χ4v) is 4.28. The number of thioether (sulfide) groups is 1. The smallest absolute Gasteiger partial charge is 0.271 e. The molecule has 2 heterocycles. The molecule has 0 radical (unpaired) electrons. The van der Waals surface area contributed by atoms with Crippen LogP contribution in [0.3, 0.4) is 0 Å². The normalized spacial score (nSPS) is 17.6. The maximum Gasteiger partial charge on any atom is 0.271 e. The first kappa shape index (κ1) is 17.5. The zero-order chi connectivity index (χ0) is 18.8. The molecule has 0 unspecified atom stereocenters. The number of thiazole rings is 1. The van der Waals surface area contributed by atoms with Gasteiger partial charge < -0.3 is 5.11 Å². The third-order valence-corrected chi connectivity index (χ3v) is 5.85. The molecule has 1 amide bonds. The lowest BCUT2D eigenvalue weighted by Crippen LogP contribution is -2.28. The van der Waals surface area contributed by atoms with E-state index in [1.807, 2.05) is 42.6 Å². The van der Waals surface area contributed by atoms with E-state index < -0.39 is 0 Å². The number of aliphatic imine (C=N–C) groups is 1. The Balaban J connectivity index is 1.81. The lowest BCUT2D eigenvalue weighted by molar-refractivity contribution is -0.113. The quantitative estimate of drug-likeness (QED) is 0.633. The van der Waals surface area contributed by atoms with Gasteiger partial charge in [0.25, 0.3) is 5.91 Å². The molecule has 27 heavy (non-hydrogen) atoms. The van der Waals surface area contributed by atoms with Gasteiger partial charge in [-0.15, -0.1) is 11.3 Å². The number of rotatable bonds is 3. The number of hydrogen-bond acceptors (Lipinski definition) is 6. The number of nitrogens with zero attached hydrogens (tertiary/aromatic N) is 3. The number of aromatic hydroxyl groups is 1. The standard InChI is InChI=1S/C20H15N3O2S2/c1-13(14-7-9-16(24)10-8-14)17-18(25)23(15-5-3-2-4-6-15)20(27-17)22-19-21-11-12-26-19/h2-12,24H,1H3/b17-13-,22-20+. The van der Waals surface area contributed by atoms with Crippen molar-refractivity contribution in [3.05, 3.63) is 76.6 Å². The maximum atomic E-state index is 13.2. The first-order valence-electron chi connectivity index (χ1n) is 8.19. The van der Waals surface area contributed by atoms with Gasteiger partial charge in [-0.3, -0.25) is 9.69 Å². The van der Waals surface area contributed by atoms with Crippen LogP contribution < -0.4 is 4.90 Å². The van der Waals surface area contributed by atoms with Crippen molar-refractivity contribution >= 4 is 50.6 Å². The number of carbonyl (C=O) groups excluding carboxylic acids is 1. The largest absolute Gasteiger partial charge is 0.508 e. The van der Waals surface area contributed by atoms with Crippen molar-refractivity contribution in [1.29, 1.82) is 0 Å². The van der Waals surface area contributed by atoms with Gasteiger partial charge in [0.15, 0.2) is 5.17 Å². The summed E-state index contributed by atoms with van der Waals surface area (Å²) >= 11 is 2.76. The summed E-state index contributed by atoms with van der Waals surface area (Å²) in [7, 11) is 0. The van der Waals surface area contributed by atoms with Gasteiger partial charge in [0, 0.05) is 11.6 Å². The van der Waals surface area contributed by atoms with Crippen molar-refractivity contribution in [2.24, 2.45) is 4.99 Å². The van der Waals surface area contributed by atoms with E-state index in [1.165, 1.54) is 23.1 Å². The highest BCUT2D eigenvalue weighted by atomic mass is 32.2. The molecular formula is C20H15N3O2S2. The van der Waals surface area contributed by atoms with E-state index >= 15 is 0 Å². The molecule has 0 spiro atoms. The predicted molar refractivity (Wildman–Crippen MR) is 111 cm³/mol. The third-order valence-electron chi connectivity index (χ3n) is 4.05. The first-order valence-corrected chi connectivity index (χ1v) is 9.89. The van der Waals surface area contributed by atoms with Crippen LogP contribution in [0, 0.1) is 0 Å². The molecule has 134 valence electrons. The number of phenols is 1. The Morgan fingerprint density at radius 2 is 1.85 bits per heavy atom. The lowest BCUT2D eigenvalue weighted by atomic mass is 10.1. The van der Waals surface area contributed by atoms with E-state index in [1.54, 1.807) is 35.4 Å². The number of para-hydroxylation sites is 1. The Bertz CT molecular complexity index is 1030. The van der Waals surface area contributed by atoms with Crippen LogP contribution in [0.2, 0.25) is 0 Å². The van der Waals surface area contributed by atoms with Gasteiger partial charge in [-0.05, 0) is 54.1 Å². The first-order chi connectivity index (χ1) is 13.1. The summed E-state index contributed by atoms with van der Waals surface area (Å²) in [6, 6.07) is 16.3. The summed E-state index contributed by atoms with van der Waals surface area (Å²) in [6.07, 6.45) is 1.69. The molecule has 3 aromatic rings. The highest BCUT2D eigenvalue weighted by Gasteiger charge is 2.36. The number of benzene rings is 2. The molecular weight excluding hydrogens is 378 g/mol. The Labute approximate surface area is 164 Å². The van der Waals surface area contributed by atoms with Crippen molar-refractivity contribution in [1.82, 2.24) is 4.98 Å². The molecule has 1 aliphatic rings. The molecule has 2 aromatic carbocycles. The molecule has 5 nitrogen and oxygen atoms in total. The van der Waals surface area contributed by atoms with Crippen molar-refractivity contribution in [2.45, 2.75) is 6.92 Å². The van der Waals surface area contributed by atoms with Crippen LogP contribution in [0.1, 0.15) is 12.5 Å². The monoisotopic (exact) mass is 393 g/mol. The Kier molecular flexibility index (Phi) is 4.79. The van der Waals surface area contributed by atoms with E-state index in [-0.39, 0.29) is 11.7 Å². The van der Waals surface area contributed by atoms with E-state index in [4.69, 9.17) is 0 Å². The summed E-state index contributed by atoms with van der Waals surface area (Å²) in [5.74, 6) is 0.0750. The zero-order valence-corrected chi connectivity index (χ0v) is 16.0. The summed E-state index contributed by atoms with van der Waals surface area (Å²) in [6.45, 7) is 1.90. The number of allylic oxidation sites excluding steroid dienone is 1. The van der Waals surface area contributed by atoms with Gasteiger partial charge in [0.05, 0.1) is 10.6 Å². The summed E-state index contributed by atoms with van der Waals surface area (Å²) in [5, 5.41) is 12.5. The van der Waals surface area contributed by atoms with Crippen molar-refractivity contribution < 1.29 is 9.90 Å². The molecule has 1 fully saturated rings. The van der Waals surface area contributed by atoms with Crippen LogP contribution in [-0.4, -0.2) is 21.2 Å².